The number of aromatic nitrogens is 1. The van der Waals surface area contributed by atoms with E-state index in [9.17, 15) is 18.0 Å². The van der Waals surface area contributed by atoms with E-state index in [4.69, 9.17) is 23.2 Å². The lowest BCUT2D eigenvalue weighted by Gasteiger charge is -2.16. The molecule has 0 saturated heterocycles. The summed E-state index contributed by atoms with van der Waals surface area (Å²) in [6, 6.07) is 12.8. The summed E-state index contributed by atoms with van der Waals surface area (Å²) >= 11 is 12.4. The number of halogens is 2. The molecule has 0 aliphatic rings. The van der Waals surface area contributed by atoms with Crippen LogP contribution in [-0.4, -0.2) is 48.9 Å². The zero-order valence-electron chi connectivity index (χ0n) is 20.0. The monoisotopic (exact) mass is 549 g/mol. The molecule has 36 heavy (non-hydrogen) atoms. The molecule has 0 fully saturated rings. The Morgan fingerprint density at radius 2 is 1.75 bits per heavy atom. The van der Waals surface area contributed by atoms with Crippen LogP contribution < -0.4 is 10.7 Å². The minimum atomic E-state index is -3.92. The summed E-state index contributed by atoms with van der Waals surface area (Å²) in [6.45, 7) is 4.72. The van der Waals surface area contributed by atoms with Crippen LogP contribution in [0, 0.1) is 13.8 Å². The van der Waals surface area contributed by atoms with Crippen LogP contribution in [0.15, 0.2) is 58.5 Å². The Morgan fingerprint density at radius 1 is 1.08 bits per heavy atom. The number of sulfonamides is 1. The first-order valence-corrected chi connectivity index (χ1v) is 12.9. The molecule has 2 aromatic carbocycles. The molecule has 0 aliphatic carbocycles. The van der Waals surface area contributed by atoms with Crippen molar-refractivity contribution >= 4 is 56.9 Å². The lowest BCUT2D eigenvalue weighted by atomic mass is 10.2. The highest BCUT2D eigenvalue weighted by Gasteiger charge is 2.23. The number of hydrogen-bond acceptors (Lipinski definition) is 5. The van der Waals surface area contributed by atoms with Crippen LogP contribution in [0.2, 0.25) is 10.0 Å². The Hall–Kier alpha value is -3.18. The Bertz CT molecular complexity index is 1430. The van der Waals surface area contributed by atoms with Gasteiger partial charge in [0.05, 0.1) is 28.4 Å². The van der Waals surface area contributed by atoms with E-state index < -0.39 is 22.5 Å². The molecule has 2 amide bonds. The van der Waals surface area contributed by atoms with Crippen molar-refractivity contribution in [2.45, 2.75) is 25.7 Å². The Labute approximate surface area is 219 Å². The number of amides is 2. The summed E-state index contributed by atoms with van der Waals surface area (Å²) in [5.74, 6) is -0.877. The molecule has 2 N–H and O–H groups in total. The third-order valence-electron chi connectivity index (χ3n) is 5.26. The average molecular weight is 550 g/mol. The second-order valence-corrected chi connectivity index (χ2v) is 10.9. The number of benzene rings is 2. The molecular formula is C24H25Cl2N5O4S. The molecule has 0 bridgehead atoms. The summed E-state index contributed by atoms with van der Waals surface area (Å²) in [5.41, 5.74) is 6.08. The largest absolute Gasteiger partial charge is 0.326 e. The van der Waals surface area contributed by atoms with Gasteiger partial charge in [0.25, 0.3) is 5.91 Å². The summed E-state index contributed by atoms with van der Waals surface area (Å²) in [4.78, 5) is 23.5. The number of rotatable bonds is 8. The predicted molar refractivity (Wildman–Crippen MR) is 142 cm³/mol. The summed E-state index contributed by atoms with van der Waals surface area (Å²) < 4.78 is 28.4. The molecule has 12 heteroatoms. The third-order valence-corrected chi connectivity index (χ3v) is 7.62. The molecule has 0 aliphatic heterocycles. The first-order valence-electron chi connectivity index (χ1n) is 10.7. The van der Waals surface area contributed by atoms with E-state index in [1.54, 1.807) is 12.1 Å². The van der Waals surface area contributed by atoms with Gasteiger partial charge in [-0.3, -0.25) is 9.59 Å². The Balaban J connectivity index is 1.66. The van der Waals surface area contributed by atoms with E-state index >= 15 is 0 Å². The molecule has 190 valence electrons. The smallest absolute Gasteiger partial charge is 0.255 e. The first-order chi connectivity index (χ1) is 16.9. The fourth-order valence-electron chi connectivity index (χ4n) is 3.54. The van der Waals surface area contributed by atoms with Crippen molar-refractivity contribution in [3.63, 3.8) is 0 Å². The standard InChI is InChI=1S/C24H25Cl2N5O4S/c1-15-11-18(16(2)31(15)23-10-5-19(25)12-22(23)26)13-27-29-24(33)14-30(4)36(34,35)21-8-6-20(7-9-21)28-17(3)32/h5-13H,14H2,1-4H3,(H,28,32)(H,29,33). The number of nitrogens with one attached hydrogen (secondary N) is 2. The quantitative estimate of drug-likeness (QED) is 0.324. The van der Waals surface area contributed by atoms with Gasteiger partial charge < -0.3 is 9.88 Å². The summed E-state index contributed by atoms with van der Waals surface area (Å²) in [6.07, 6.45) is 1.48. The molecule has 0 unspecified atom stereocenters. The highest BCUT2D eigenvalue weighted by atomic mass is 35.5. The van der Waals surface area contributed by atoms with Crippen LogP contribution in [0.5, 0.6) is 0 Å². The topological polar surface area (TPSA) is 113 Å². The van der Waals surface area contributed by atoms with E-state index in [-0.39, 0.29) is 10.8 Å². The zero-order valence-corrected chi connectivity index (χ0v) is 22.4. The molecule has 1 aromatic heterocycles. The minimum Gasteiger partial charge on any atom is -0.326 e. The number of carbonyl (C=O) groups is 2. The van der Waals surface area contributed by atoms with E-state index in [1.807, 2.05) is 30.5 Å². The second kappa shape index (κ2) is 11.3. The lowest BCUT2D eigenvalue weighted by molar-refractivity contribution is -0.121. The number of likely N-dealkylation sites (N-methyl/N-ethyl adjacent to an activating group) is 1. The van der Waals surface area contributed by atoms with Crippen molar-refractivity contribution in [3.8, 4) is 5.69 Å². The van der Waals surface area contributed by atoms with Gasteiger partial charge in [-0.1, -0.05) is 23.2 Å². The van der Waals surface area contributed by atoms with E-state index in [2.05, 4.69) is 15.8 Å². The Morgan fingerprint density at radius 3 is 2.36 bits per heavy atom. The van der Waals surface area contributed by atoms with Gasteiger partial charge in [-0.15, -0.1) is 0 Å². The molecule has 9 nitrogen and oxygen atoms in total. The predicted octanol–water partition coefficient (Wildman–Crippen LogP) is 4.13. The number of hydrogen-bond donors (Lipinski definition) is 2. The first kappa shape index (κ1) is 27.4. The highest BCUT2D eigenvalue weighted by Crippen LogP contribution is 2.28. The van der Waals surface area contributed by atoms with Gasteiger partial charge >= 0.3 is 0 Å². The van der Waals surface area contributed by atoms with Crippen molar-refractivity contribution in [3.05, 3.63) is 75.5 Å². The van der Waals surface area contributed by atoms with Gasteiger partial charge in [-0.2, -0.15) is 9.41 Å². The molecule has 1 heterocycles. The lowest BCUT2D eigenvalue weighted by Crippen LogP contribution is -2.36. The average Bonchev–Trinajstić information content (AvgIpc) is 3.07. The van der Waals surface area contributed by atoms with Gasteiger partial charge in [0.2, 0.25) is 15.9 Å². The third kappa shape index (κ3) is 6.33. The van der Waals surface area contributed by atoms with Crippen LogP contribution in [0.25, 0.3) is 5.69 Å². The fraction of sp³-hybridized carbons (Fsp3) is 0.208. The summed E-state index contributed by atoms with van der Waals surface area (Å²) in [5, 5.41) is 7.57. The van der Waals surface area contributed by atoms with Crippen molar-refractivity contribution in [2.75, 3.05) is 18.9 Å². The van der Waals surface area contributed by atoms with Gasteiger partial charge in [0, 0.05) is 41.6 Å². The van der Waals surface area contributed by atoms with E-state index in [1.165, 1.54) is 44.5 Å². The van der Waals surface area contributed by atoms with Gasteiger partial charge in [0.15, 0.2) is 0 Å². The maximum absolute atomic E-state index is 12.8. The fourth-order valence-corrected chi connectivity index (χ4v) is 5.16. The molecule has 0 atom stereocenters. The highest BCUT2D eigenvalue weighted by molar-refractivity contribution is 7.89. The van der Waals surface area contributed by atoms with Gasteiger partial charge in [-0.05, 0) is 62.4 Å². The molecule has 0 spiro atoms. The maximum atomic E-state index is 12.8. The molecule has 3 aromatic rings. The number of aryl methyl sites for hydroxylation is 1. The number of carbonyl (C=O) groups excluding carboxylic acids is 2. The van der Waals surface area contributed by atoms with Gasteiger partial charge in [0.1, 0.15) is 0 Å². The normalized spacial score (nSPS) is 11.8. The van der Waals surface area contributed by atoms with Crippen LogP contribution in [0.3, 0.4) is 0 Å². The number of hydrazone groups is 1. The minimum absolute atomic E-state index is 0.0105. The van der Waals surface area contributed by atoms with Crippen molar-refractivity contribution in [1.29, 1.82) is 0 Å². The van der Waals surface area contributed by atoms with E-state index in [0.717, 1.165) is 26.9 Å². The zero-order chi connectivity index (χ0) is 26.6. The van der Waals surface area contributed by atoms with Crippen molar-refractivity contribution < 1.29 is 18.0 Å². The molecule has 0 radical (unpaired) electrons. The molecule has 3 rings (SSSR count). The second-order valence-electron chi connectivity index (χ2n) is 8.02. The molecular weight excluding hydrogens is 525 g/mol. The number of anilines is 1. The van der Waals surface area contributed by atoms with Crippen LogP contribution >= 0.6 is 23.2 Å². The van der Waals surface area contributed by atoms with Crippen molar-refractivity contribution in [1.82, 2.24) is 14.3 Å². The van der Waals surface area contributed by atoms with Crippen molar-refractivity contribution in [2.24, 2.45) is 5.10 Å². The van der Waals surface area contributed by atoms with Crippen LogP contribution in [0.4, 0.5) is 5.69 Å². The number of nitrogens with zero attached hydrogens (tertiary/aromatic N) is 3. The van der Waals surface area contributed by atoms with Crippen LogP contribution in [0.1, 0.15) is 23.9 Å². The maximum Gasteiger partial charge on any atom is 0.255 e. The molecule has 0 saturated carbocycles. The Kier molecular flexibility index (Phi) is 8.57. The summed E-state index contributed by atoms with van der Waals surface area (Å²) in [7, 11) is -2.63. The SMILES string of the molecule is CC(=O)Nc1ccc(S(=O)(=O)N(C)CC(=O)NN=Cc2cc(C)n(-c3ccc(Cl)cc3Cl)c2C)cc1. The van der Waals surface area contributed by atoms with Crippen LogP contribution in [-0.2, 0) is 19.6 Å². The van der Waals surface area contributed by atoms with Gasteiger partial charge in [-0.25, -0.2) is 13.8 Å². The van der Waals surface area contributed by atoms with E-state index in [0.29, 0.717) is 15.7 Å².